The van der Waals surface area contributed by atoms with Crippen molar-refractivity contribution in [1.29, 1.82) is 0 Å². The summed E-state index contributed by atoms with van der Waals surface area (Å²) in [7, 11) is 0. The van der Waals surface area contributed by atoms with Crippen LogP contribution in [0.25, 0.3) is 0 Å². The predicted molar refractivity (Wildman–Crippen MR) is 113 cm³/mol. The molecule has 2 fully saturated rings. The Morgan fingerprint density at radius 1 is 1.15 bits per heavy atom. The largest absolute Gasteiger partial charge is 0.435 e. The van der Waals surface area contributed by atoms with Gasteiger partial charge in [0, 0.05) is 23.2 Å². The summed E-state index contributed by atoms with van der Waals surface area (Å²) < 4.78 is 71.2. The molecular formula is C22H16Cl2F5N3O2. The number of benzene rings is 1. The van der Waals surface area contributed by atoms with E-state index in [9.17, 15) is 22.4 Å². The van der Waals surface area contributed by atoms with Crippen LogP contribution < -0.4 is 0 Å². The van der Waals surface area contributed by atoms with Crippen LogP contribution in [0, 0.1) is 11.7 Å². The Balaban J connectivity index is 1.36. The van der Waals surface area contributed by atoms with Crippen molar-refractivity contribution < 1.29 is 31.6 Å². The van der Waals surface area contributed by atoms with Crippen LogP contribution in [0.2, 0.25) is 10.0 Å². The molecule has 0 N–H and O–H groups in total. The number of aromatic nitrogens is 1. The number of pyridine rings is 1. The third kappa shape index (κ3) is 3.71. The van der Waals surface area contributed by atoms with Crippen molar-refractivity contribution in [1.82, 2.24) is 9.88 Å². The van der Waals surface area contributed by atoms with E-state index < -0.39 is 45.3 Å². The summed E-state index contributed by atoms with van der Waals surface area (Å²) >= 11 is 11.4. The van der Waals surface area contributed by atoms with Gasteiger partial charge in [0.2, 0.25) is 5.91 Å². The van der Waals surface area contributed by atoms with Gasteiger partial charge < -0.3 is 9.74 Å². The highest BCUT2D eigenvalue weighted by molar-refractivity contribution is 6.35. The van der Waals surface area contributed by atoms with Crippen molar-refractivity contribution >= 4 is 34.8 Å². The average molecular weight is 520 g/mol. The Morgan fingerprint density at radius 3 is 2.32 bits per heavy atom. The van der Waals surface area contributed by atoms with Crippen molar-refractivity contribution in [2.45, 2.75) is 36.7 Å². The van der Waals surface area contributed by atoms with E-state index in [4.69, 9.17) is 28.0 Å². The molecule has 5 rings (SSSR count). The second-order valence-corrected chi connectivity index (χ2v) is 9.57. The van der Waals surface area contributed by atoms with Crippen LogP contribution in [0.15, 0.2) is 35.6 Å². The van der Waals surface area contributed by atoms with E-state index in [1.807, 2.05) is 0 Å². The van der Waals surface area contributed by atoms with Gasteiger partial charge in [0.05, 0.1) is 41.0 Å². The van der Waals surface area contributed by atoms with Crippen LogP contribution in [0.1, 0.15) is 36.1 Å². The number of likely N-dealkylation sites (tertiary alicyclic amines) is 1. The quantitative estimate of drug-likeness (QED) is 0.394. The molecule has 12 heteroatoms. The summed E-state index contributed by atoms with van der Waals surface area (Å²) in [5, 5.41) is 2.43. The molecule has 1 saturated carbocycles. The number of alkyl halides is 4. The zero-order valence-electron chi connectivity index (χ0n) is 17.3. The van der Waals surface area contributed by atoms with Gasteiger partial charge in [0.15, 0.2) is 11.5 Å². The summed E-state index contributed by atoms with van der Waals surface area (Å²) in [6.45, 7) is -0.218. The van der Waals surface area contributed by atoms with Crippen molar-refractivity contribution in [3.8, 4) is 0 Å². The number of oxime groups is 1. The average Bonchev–Trinajstić information content (AvgIpc) is 3.51. The molecule has 1 saturated heterocycles. The molecule has 0 radical (unpaired) electrons. The van der Waals surface area contributed by atoms with Gasteiger partial charge in [-0.05, 0) is 37.1 Å². The van der Waals surface area contributed by atoms with E-state index in [1.165, 1.54) is 23.2 Å². The Labute approximate surface area is 200 Å². The minimum Gasteiger partial charge on any atom is -0.374 e. The van der Waals surface area contributed by atoms with E-state index in [1.54, 1.807) is 0 Å². The lowest BCUT2D eigenvalue weighted by Crippen LogP contribution is -2.59. The molecule has 3 heterocycles. The van der Waals surface area contributed by atoms with E-state index >= 15 is 4.39 Å². The van der Waals surface area contributed by atoms with Crippen LogP contribution in [-0.2, 0) is 20.9 Å². The highest BCUT2D eigenvalue weighted by atomic mass is 35.5. The van der Waals surface area contributed by atoms with Gasteiger partial charge in [0.25, 0.3) is 5.60 Å². The van der Waals surface area contributed by atoms with Crippen LogP contribution in [0.3, 0.4) is 0 Å². The lowest BCUT2D eigenvalue weighted by atomic mass is 9.86. The number of carbonyl (C=O) groups excluding carboxylic acids is 1. The van der Waals surface area contributed by atoms with Gasteiger partial charge in [-0.3, -0.25) is 9.78 Å². The van der Waals surface area contributed by atoms with Crippen molar-refractivity contribution in [3.05, 3.63) is 63.1 Å². The number of halogens is 7. The summed E-state index contributed by atoms with van der Waals surface area (Å²) in [6, 6.07) is 4.35. The van der Waals surface area contributed by atoms with Gasteiger partial charge in [-0.2, -0.15) is 13.2 Å². The summed E-state index contributed by atoms with van der Waals surface area (Å²) in [5.74, 6) is -1.12. The summed E-state index contributed by atoms with van der Waals surface area (Å²) in [4.78, 5) is 22.4. The molecule has 1 aromatic heterocycles. The first kappa shape index (κ1) is 23.3. The van der Waals surface area contributed by atoms with E-state index in [0.29, 0.717) is 0 Å². The Kier molecular flexibility index (Phi) is 5.33. The molecule has 1 amide bonds. The standard InChI is InChI=1S/C22H16Cl2F5N3O2/c23-14-5-13(6-15(24)18(14)25)21(22(27,28)29)7-16(31-34-21)12-3-4-17(30-8-12)20(26)9-32(10-20)19(33)11-1-2-11/h3-6,8,11H,1-2,7,9-10H2. The summed E-state index contributed by atoms with van der Waals surface area (Å²) in [6.07, 6.45) is -2.84. The fourth-order valence-corrected chi connectivity index (χ4v) is 4.63. The SMILES string of the molecule is O=C(C1CC1)N1CC(F)(c2ccc(C3=NOC(c4cc(Cl)c(F)c(Cl)c4)(C(F)(F)F)C3)cn2)C1. The Morgan fingerprint density at radius 2 is 1.79 bits per heavy atom. The molecule has 2 aromatic rings. The first-order valence-electron chi connectivity index (χ1n) is 10.3. The maximum atomic E-state index is 15.1. The van der Waals surface area contributed by atoms with Crippen molar-refractivity contribution in [2.75, 3.05) is 13.1 Å². The van der Waals surface area contributed by atoms with Gasteiger partial charge in [-0.1, -0.05) is 28.4 Å². The first-order chi connectivity index (χ1) is 15.9. The smallest absolute Gasteiger partial charge is 0.374 e. The molecule has 5 nitrogen and oxygen atoms in total. The molecule has 3 aliphatic rings. The maximum Gasteiger partial charge on any atom is 0.435 e. The van der Waals surface area contributed by atoms with E-state index in [0.717, 1.165) is 25.0 Å². The topological polar surface area (TPSA) is 54.8 Å². The number of nitrogens with zero attached hydrogens (tertiary/aromatic N) is 3. The van der Waals surface area contributed by atoms with Gasteiger partial charge in [0.1, 0.15) is 0 Å². The van der Waals surface area contributed by atoms with Crippen molar-refractivity contribution in [2.24, 2.45) is 11.1 Å². The molecule has 34 heavy (non-hydrogen) atoms. The molecule has 2 aliphatic heterocycles. The zero-order valence-corrected chi connectivity index (χ0v) is 18.8. The van der Waals surface area contributed by atoms with Crippen LogP contribution in [0.4, 0.5) is 22.0 Å². The summed E-state index contributed by atoms with van der Waals surface area (Å²) in [5.41, 5.74) is -5.05. The number of hydrogen-bond acceptors (Lipinski definition) is 4. The first-order valence-corrected chi connectivity index (χ1v) is 11.1. The fourth-order valence-electron chi connectivity index (χ4n) is 4.14. The zero-order chi connectivity index (χ0) is 24.5. The predicted octanol–water partition coefficient (Wildman–Crippen LogP) is 5.53. The lowest BCUT2D eigenvalue weighted by molar-refractivity contribution is -0.275. The molecule has 180 valence electrons. The lowest BCUT2D eigenvalue weighted by Gasteiger charge is -2.44. The second-order valence-electron chi connectivity index (χ2n) is 8.75. The molecule has 0 bridgehead atoms. The van der Waals surface area contributed by atoms with Gasteiger partial charge in [-0.25, -0.2) is 8.78 Å². The Bertz CT molecular complexity index is 1170. The van der Waals surface area contributed by atoms with Crippen LogP contribution in [0.5, 0.6) is 0 Å². The molecule has 1 aromatic carbocycles. The molecule has 1 atom stereocenters. The Hall–Kier alpha value is -2.46. The third-order valence-electron chi connectivity index (χ3n) is 6.31. The molecular weight excluding hydrogens is 504 g/mol. The van der Waals surface area contributed by atoms with E-state index in [2.05, 4.69) is 10.1 Å². The molecule has 1 unspecified atom stereocenters. The minimum atomic E-state index is -4.94. The number of carbonyl (C=O) groups is 1. The number of rotatable bonds is 4. The van der Waals surface area contributed by atoms with E-state index in [-0.39, 0.29) is 41.9 Å². The minimum absolute atomic E-state index is 0.0139. The van der Waals surface area contributed by atoms with Crippen LogP contribution >= 0.6 is 23.2 Å². The number of hydrogen-bond donors (Lipinski definition) is 0. The highest BCUT2D eigenvalue weighted by Crippen LogP contribution is 2.50. The fraction of sp³-hybridized carbons (Fsp3) is 0.409. The number of amides is 1. The monoisotopic (exact) mass is 519 g/mol. The molecule has 0 spiro atoms. The highest BCUT2D eigenvalue weighted by Gasteiger charge is 2.62. The van der Waals surface area contributed by atoms with Crippen LogP contribution in [-0.4, -0.2) is 40.8 Å². The van der Waals surface area contributed by atoms with Gasteiger partial charge in [-0.15, -0.1) is 0 Å². The maximum absolute atomic E-state index is 15.1. The molecule has 1 aliphatic carbocycles. The normalized spacial score (nSPS) is 23.9. The second kappa shape index (κ2) is 7.78. The van der Waals surface area contributed by atoms with Gasteiger partial charge >= 0.3 is 6.18 Å². The van der Waals surface area contributed by atoms with Crippen molar-refractivity contribution in [3.63, 3.8) is 0 Å². The third-order valence-corrected chi connectivity index (χ3v) is 6.86.